The largest absolute Gasteiger partial charge is 0.497 e. The highest BCUT2D eigenvalue weighted by molar-refractivity contribution is 6.32. The molecule has 0 spiro atoms. The lowest BCUT2D eigenvalue weighted by atomic mass is 10.2. The van der Waals surface area contributed by atoms with E-state index in [0.29, 0.717) is 19.5 Å². The number of rotatable bonds is 6. The van der Waals surface area contributed by atoms with Crippen LogP contribution in [0.1, 0.15) is 12.0 Å². The molecule has 0 aliphatic carbocycles. The SMILES string of the molecule is C=CCCN(Cc1ccc(OC)cc1)C(=O)C(=O)OC. The highest BCUT2D eigenvalue weighted by atomic mass is 16.5. The molecule has 0 saturated carbocycles. The van der Waals surface area contributed by atoms with Gasteiger partial charge in [-0.1, -0.05) is 18.2 Å². The number of nitrogens with zero attached hydrogens (tertiary/aromatic N) is 1. The Balaban J connectivity index is 2.79. The van der Waals surface area contributed by atoms with Gasteiger partial charge >= 0.3 is 11.9 Å². The van der Waals surface area contributed by atoms with Crippen LogP contribution in [0.3, 0.4) is 0 Å². The minimum atomic E-state index is -0.859. The van der Waals surface area contributed by atoms with Crippen molar-refractivity contribution in [2.45, 2.75) is 13.0 Å². The molecule has 1 rings (SSSR count). The first-order valence-electron chi connectivity index (χ1n) is 6.23. The van der Waals surface area contributed by atoms with Crippen molar-refractivity contribution in [3.8, 4) is 5.75 Å². The van der Waals surface area contributed by atoms with E-state index in [2.05, 4.69) is 11.3 Å². The first-order chi connectivity index (χ1) is 9.62. The molecule has 0 bridgehead atoms. The summed E-state index contributed by atoms with van der Waals surface area (Å²) >= 11 is 0. The molecule has 0 radical (unpaired) electrons. The number of carbonyl (C=O) groups excluding carboxylic acids is 2. The minimum absolute atomic E-state index is 0.339. The predicted molar refractivity (Wildman–Crippen MR) is 75.2 cm³/mol. The van der Waals surface area contributed by atoms with Gasteiger partial charge in [-0.3, -0.25) is 4.79 Å². The van der Waals surface area contributed by atoms with Crippen molar-refractivity contribution in [2.75, 3.05) is 20.8 Å². The molecule has 0 aromatic heterocycles. The van der Waals surface area contributed by atoms with Crippen LogP contribution in [0.4, 0.5) is 0 Å². The summed E-state index contributed by atoms with van der Waals surface area (Å²) in [4.78, 5) is 24.7. The summed E-state index contributed by atoms with van der Waals surface area (Å²) in [5.74, 6) is -0.765. The van der Waals surface area contributed by atoms with Gasteiger partial charge in [0.25, 0.3) is 0 Å². The second-order valence-electron chi connectivity index (χ2n) is 4.14. The zero-order valence-corrected chi connectivity index (χ0v) is 11.8. The molecule has 1 aromatic carbocycles. The lowest BCUT2D eigenvalue weighted by Gasteiger charge is -2.20. The van der Waals surface area contributed by atoms with Gasteiger partial charge in [-0.25, -0.2) is 4.79 Å². The summed E-state index contributed by atoms with van der Waals surface area (Å²) in [5, 5.41) is 0. The van der Waals surface area contributed by atoms with Gasteiger partial charge in [-0.15, -0.1) is 6.58 Å². The topological polar surface area (TPSA) is 55.8 Å². The molecule has 20 heavy (non-hydrogen) atoms. The van der Waals surface area contributed by atoms with Crippen molar-refractivity contribution in [2.24, 2.45) is 0 Å². The standard InChI is InChI=1S/C15H19NO4/c1-4-5-10-16(14(17)15(18)20-3)11-12-6-8-13(19-2)9-7-12/h4,6-9H,1,5,10-11H2,2-3H3. The minimum Gasteiger partial charge on any atom is -0.497 e. The third kappa shape index (κ3) is 4.42. The molecule has 108 valence electrons. The third-order valence-corrected chi connectivity index (χ3v) is 2.78. The average molecular weight is 277 g/mol. The lowest BCUT2D eigenvalue weighted by Crippen LogP contribution is -2.37. The van der Waals surface area contributed by atoms with Gasteiger partial charge in [0, 0.05) is 13.1 Å². The maximum Gasteiger partial charge on any atom is 0.396 e. The number of esters is 1. The fraction of sp³-hybridized carbons (Fsp3) is 0.333. The van der Waals surface area contributed by atoms with Gasteiger partial charge in [0.2, 0.25) is 0 Å². The van der Waals surface area contributed by atoms with E-state index in [-0.39, 0.29) is 0 Å². The smallest absolute Gasteiger partial charge is 0.396 e. The molecule has 0 aliphatic heterocycles. The number of hydrogen-bond acceptors (Lipinski definition) is 4. The number of amides is 1. The zero-order chi connectivity index (χ0) is 15.0. The average Bonchev–Trinajstić information content (AvgIpc) is 2.50. The molecule has 0 N–H and O–H groups in total. The highest BCUT2D eigenvalue weighted by Crippen LogP contribution is 2.13. The molecule has 5 nitrogen and oxygen atoms in total. The Morgan fingerprint density at radius 2 is 1.90 bits per heavy atom. The van der Waals surface area contributed by atoms with E-state index >= 15 is 0 Å². The first kappa shape index (κ1) is 15.8. The molecule has 1 amide bonds. The van der Waals surface area contributed by atoms with E-state index in [9.17, 15) is 9.59 Å². The molecule has 1 aromatic rings. The Morgan fingerprint density at radius 1 is 1.25 bits per heavy atom. The van der Waals surface area contributed by atoms with Crippen molar-refractivity contribution in [1.82, 2.24) is 4.90 Å². The van der Waals surface area contributed by atoms with Gasteiger partial charge < -0.3 is 14.4 Å². The fourth-order valence-corrected chi connectivity index (χ4v) is 1.67. The Morgan fingerprint density at radius 3 is 2.40 bits per heavy atom. The van der Waals surface area contributed by atoms with Crippen LogP contribution < -0.4 is 4.74 Å². The van der Waals surface area contributed by atoms with E-state index in [0.717, 1.165) is 11.3 Å². The van der Waals surface area contributed by atoms with E-state index < -0.39 is 11.9 Å². The van der Waals surface area contributed by atoms with E-state index in [4.69, 9.17) is 4.74 Å². The van der Waals surface area contributed by atoms with Crippen molar-refractivity contribution in [3.63, 3.8) is 0 Å². The van der Waals surface area contributed by atoms with Gasteiger partial charge in [0.15, 0.2) is 0 Å². The molecule has 0 saturated heterocycles. The van der Waals surface area contributed by atoms with Crippen LogP contribution in [0.25, 0.3) is 0 Å². The molecule has 5 heteroatoms. The summed E-state index contributed by atoms with van der Waals surface area (Å²) in [5.41, 5.74) is 0.909. The first-order valence-corrected chi connectivity index (χ1v) is 6.23. The van der Waals surface area contributed by atoms with E-state index in [1.54, 1.807) is 13.2 Å². The number of benzene rings is 1. The molecular weight excluding hydrogens is 258 g/mol. The van der Waals surface area contributed by atoms with Gasteiger partial charge in [-0.05, 0) is 24.1 Å². The Hall–Kier alpha value is -2.30. The summed E-state index contributed by atoms with van der Waals surface area (Å²) in [6, 6.07) is 7.32. The maximum absolute atomic E-state index is 11.9. The van der Waals surface area contributed by atoms with Crippen LogP contribution in [0, 0.1) is 0 Å². The van der Waals surface area contributed by atoms with Crippen LogP contribution in [0.2, 0.25) is 0 Å². The second kappa shape index (κ2) is 7.99. The quantitative estimate of drug-likeness (QED) is 0.452. The lowest BCUT2D eigenvalue weighted by molar-refractivity contribution is -0.158. The Bertz CT molecular complexity index is 467. The van der Waals surface area contributed by atoms with Gasteiger partial charge in [0.05, 0.1) is 14.2 Å². The van der Waals surface area contributed by atoms with Crippen LogP contribution in [0.5, 0.6) is 5.75 Å². The zero-order valence-electron chi connectivity index (χ0n) is 11.8. The maximum atomic E-state index is 11.9. The number of methoxy groups -OCH3 is 2. The monoisotopic (exact) mass is 277 g/mol. The van der Waals surface area contributed by atoms with Crippen LogP contribution in [0.15, 0.2) is 36.9 Å². The highest BCUT2D eigenvalue weighted by Gasteiger charge is 2.22. The van der Waals surface area contributed by atoms with Crippen LogP contribution in [-0.2, 0) is 20.9 Å². The fourth-order valence-electron chi connectivity index (χ4n) is 1.67. The number of ether oxygens (including phenoxy) is 2. The van der Waals surface area contributed by atoms with E-state index in [1.807, 2.05) is 24.3 Å². The van der Waals surface area contributed by atoms with Gasteiger partial charge in [-0.2, -0.15) is 0 Å². The summed E-state index contributed by atoms with van der Waals surface area (Å²) in [6.07, 6.45) is 2.31. The Kier molecular flexibility index (Phi) is 6.29. The van der Waals surface area contributed by atoms with Gasteiger partial charge in [0.1, 0.15) is 5.75 Å². The molecule has 0 aliphatic rings. The Labute approximate surface area is 118 Å². The van der Waals surface area contributed by atoms with Crippen molar-refractivity contribution in [3.05, 3.63) is 42.5 Å². The molecular formula is C15H19NO4. The summed E-state index contributed by atoms with van der Waals surface area (Å²) in [7, 11) is 2.78. The number of carbonyl (C=O) groups is 2. The molecule has 0 heterocycles. The molecule has 0 unspecified atom stereocenters. The third-order valence-electron chi connectivity index (χ3n) is 2.78. The van der Waals surface area contributed by atoms with Crippen molar-refractivity contribution >= 4 is 11.9 Å². The van der Waals surface area contributed by atoms with E-state index in [1.165, 1.54) is 12.0 Å². The summed E-state index contributed by atoms with van der Waals surface area (Å²) in [6.45, 7) is 4.38. The second-order valence-corrected chi connectivity index (χ2v) is 4.14. The van der Waals surface area contributed by atoms with Crippen molar-refractivity contribution in [1.29, 1.82) is 0 Å². The van der Waals surface area contributed by atoms with Crippen LogP contribution in [-0.4, -0.2) is 37.5 Å². The predicted octanol–water partition coefficient (Wildman–Crippen LogP) is 1.77. The summed E-state index contributed by atoms with van der Waals surface area (Å²) < 4.78 is 9.55. The van der Waals surface area contributed by atoms with Crippen LogP contribution >= 0.6 is 0 Å². The molecule has 0 atom stereocenters. The number of hydrogen-bond donors (Lipinski definition) is 0. The normalized spacial score (nSPS) is 9.70. The van der Waals surface area contributed by atoms with Crippen molar-refractivity contribution < 1.29 is 19.1 Å². The molecule has 0 fully saturated rings.